The standard InChI is InChI=1S/C19H22N6/c1-5-13(4)22-14-7-6-8-15(9-14)23-18-10-17(20)24-19-16(12(2)3)11-21-25(18)19/h5-12,22-23H,1,4H2,2-3H3,(H2,20,24). The lowest BCUT2D eigenvalue weighted by Crippen LogP contribution is -2.04. The van der Waals surface area contributed by atoms with Crippen molar-refractivity contribution in [3.05, 3.63) is 67.0 Å². The van der Waals surface area contributed by atoms with Crippen LogP contribution in [0.4, 0.5) is 23.0 Å². The number of nitrogens with two attached hydrogens (primary N) is 1. The fourth-order valence-corrected chi connectivity index (χ4v) is 2.55. The van der Waals surface area contributed by atoms with Gasteiger partial charge in [0.15, 0.2) is 5.65 Å². The number of nitrogen functional groups attached to an aromatic ring is 1. The van der Waals surface area contributed by atoms with Crippen molar-refractivity contribution in [2.75, 3.05) is 16.4 Å². The molecule has 4 N–H and O–H groups in total. The SMILES string of the molecule is C=CC(=C)Nc1cccc(Nc2cc(N)nc3c(C(C)C)cnn23)c1. The average Bonchev–Trinajstić information content (AvgIpc) is 2.99. The van der Waals surface area contributed by atoms with Crippen LogP contribution in [0.25, 0.3) is 5.65 Å². The molecule has 128 valence electrons. The van der Waals surface area contributed by atoms with Gasteiger partial charge in [0, 0.05) is 28.7 Å². The van der Waals surface area contributed by atoms with Crippen molar-refractivity contribution in [3.63, 3.8) is 0 Å². The lowest BCUT2D eigenvalue weighted by atomic mass is 10.1. The van der Waals surface area contributed by atoms with Crippen LogP contribution >= 0.6 is 0 Å². The van der Waals surface area contributed by atoms with Gasteiger partial charge < -0.3 is 16.4 Å². The Morgan fingerprint density at radius 3 is 2.76 bits per heavy atom. The monoisotopic (exact) mass is 334 g/mol. The van der Waals surface area contributed by atoms with E-state index in [1.54, 1.807) is 16.7 Å². The van der Waals surface area contributed by atoms with Crippen molar-refractivity contribution >= 4 is 28.7 Å². The summed E-state index contributed by atoms with van der Waals surface area (Å²) in [6, 6.07) is 9.63. The summed E-state index contributed by atoms with van der Waals surface area (Å²) >= 11 is 0. The first-order chi connectivity index (χ1) is 12.0. The first kappa shape index (κ1) is 16.6. The highest BCUT2D eigenvalue weighted by molar-refractivity contribution is 5.68. The van der Waals surface area contributed by atoms with Crippen LogP contribution in [0.15, 0.2) is 61.5 Å². The molecule has 0 bridgehead atoms. The summed E-state index contributed by atoms with van der Waals surface area (Å²) in [5.41, 5.74) is 10.4. The molecule has 0 saturated carbocycles. The number of hydrogen-bond donors (Lipinski definition) is 3. The number of aromatic nitrogens is 3. The fraction of sp³-hybridized carbons (Fsp3) is 0.158. The molecule has 2 aromatic heterocycles. The van der Waals surface area contributed by atoms with Crippen molar-refractivity contribution < 1.29 is 0 Å². The third-order valence-electron chi connectivity index (χ3n) is 3.83. The summed E-state index contributed by atoms with van der Waals surface area (Å²) < 4.78 is 1.77. The maximum absolute atomic E-state index is 5.99. The molecule has 2 heterocycles. The number of fused-ring (bicyclic) bond motifs is 1. The van der Waals surface area contributed by atoms with Gasteiger partial charge in [0.05, 0.1) is 6.20 Å². The molecular weight excluding hydrogens is 312 g/mol. The third kappa shape index (κ3) is 3.47. The highest BCUT2D eigenvalue weighted by Crippen LogP contribution is 2.26. The van der Waals surface area contributed by atoms with Crippen molar-refractivity contribution in [1.29, 1.82) is 0 Å². The Morgan fingerprint density at radius 2 is 2.04 bits per heavy atom. The molecule has 0 unspecified atom stereocenters. The van der Waals surface area contributed by atoms with Crippen LogP contribution in [0.5, 0.6) is 0 Å². The third-order valence-corrected chi connectivity index (χ3v) is 3.83. The van der Waals surface area contributed by atoms with Crippen molar-refractivity contribution in [2.24, 2.45) is 0 Å². The van der Waals surface area contributed by atoms with Gasteiger partial charge in [-0.05, 0) is 30.2 Å². The van der Waals surface area contributed by atoms with Crippen molar-refractivity contribution in [2.45, 2.75) is 19.8 Å². The molecule has 0 aliphatic carbocycles. The van der Waals surface area contributed by atoms with E-state index in [0.717, 1.165) is 34.1 Å². The normalized spacial score (nSPS) is 10.8. The van der Waals surface area contributed by atoms with E-state index in [9.17, 15) is 0 Å². The summed E-state index contributed by atoms with van der Waals surface area (Å²) in [6.07, 6.45) is 3.51. The largest absolute Gasteiger partial charge is 0.384 e. The second-order valence-electron chi connectivity index (χ2n) is 6.12. The lowest BCUT2D eigenvalue weighted by molar-refractivity contribution is 0.872. The second-order valence-corrected chi connectivity index (χ2v) is 6.12. The van der Waals surface area contributed by atoms with E-state index in [-0.39, 0.29) is 0 Å². The summed E-state index contributed by atoms with van der Waals surface area (Å²) in [4.78, 5) is 4.43. The Hall–Kier alpha value is -3.28. The summed E-state index contributed by atoms with van der Waals surface area (Å²) in [7, 11) is 0. The van der Waals surface area contributed by atoms with Crippen LogP contribution < -0.4 is 16.4 Å². The highest BCUT2D eigenvalue weighted by atomic mass is 15.3. The number of rotatable bonds is 6. The minimum absolute atomic E-state index is 0.317. The van der Waals surface area contributed by atoms with E-state index in [4.69, 9.17) is 5.73 Å². The maximum Gasteiger partial charge on any atom is 0.163 e. The van der Waals surface area contributed by atoms with Gasteiger partial charge in [-0.2, -0.15) is 9.61 Å². The molecule has 0 aliphatic heterocycles. The molecule has 3 rings (SSSR count). The number of anilines is 4. The smallest absolute Gasteiger partial charge is 0.163 e. The van der Waals surface area contributed by atoms with E-state index in [2.05, 4.69) is 47.7 Å². The van der Waals surface area contributed by atoms with Gasteiger partial charge in [0.2, 0.25) is 0 Å². The Bertz CT molecular complexity index is 938. The Kier molecular flexibility index (Phi) is 4.43. The van der Waals surface area contributed by atoms with Crippen LogP contribution in [0, 0.1) is 0 Å². The summed E-state index contributed by atoms with van der Waals surface area (Å²) in [5, 5.41) is 11.0. The van der Waals surface area contributed by atoms with Crippen LogP contribution in [0.1, 0.15) is 25.3 Å². The van der Waals surface area contributed by atoms with Gasteiger partial charge in [-0.1, -0.05) is 33.1 Å². The van der Waals surface area contributed by atoms with Gasteiger partial charge in [-0.15, -0.1) is 0 Å². The van der Waals surface area contributed by atoms with Crippen molar-refractivity contribution in [1.82, 2.24) is 14.6 Å². The maximum atomic E-state index is 5.99. The van der Waals surface area contributed by atoms with Crippen molar-refractivity contribution in [3.8, 4) is 0 Å². The zero-order valence-corrected chi connectivity index (χ0v) is 14.5. The molecule has 3 aromatic rings. The van der Waals surface area contributed by atoms with Gasteiger partial charge in [0.25, 0.3) is 0 Å². The molecule has 6 nitrogen and oxygen atoms in total. The molecule has 0 fully saturated rings. The van der Waals surface area contributed by atoms with Gasteiger partial charge >= 0.3 is 0 Å². The lowest BCUT2D eigenvalue weighted by Gasteiger charge is -2.12. The second kappa shape index (κ2) is 6.68. The van der Waals surface area contributed by atoms with E-state index >= 15 is 0 Å². The number of allylic oxidation sites excluding steroid dienone is 1. The molecule has 0 saturated heterocycles. The first-order valence-corrected chi connectivity index (χ1v) is 8.07. The molecule has 0 radical (unpaired) electrons. The van der Waals surface area contributed by atoms with Gasteiger partial charge in [-0.3, -0.25) is 0 Å². The molecular formula is C19H22N6. The fourth-order valence-electron chi connectivity index (χ4n) is 2.55. The van der Waals surface area contributed by atoms with Gasteiger partial charge in [-0.25, -0.2) is 4.98 Å². The highest BCUT2D eigenvalue weighted by Gasteiger charge is 2.13. The Morgan fingerprint density at radius 1 is 1.28 bits per heavy atom. The van der Waals surface area contributed by atoms with E-state index in [0.29, 0.717) is 11.7 Å². The Balaban J connectivity index is 1.97. The predicted octanol–water partition coefficient (Wildman–Crippen LogP) is 4.29. The molecule has 6 heteroatoms. The van der Waals surface area contributed by atoms with Crippen LogP contribution in [-0.4, -0.2) is 14.6 Å². The van der Waals surface area contributed by atoms with Crippen LogP contribution in [0.3, 0.4) is 0 Å². The van der Waals surface area contributed by atoms with Gasteiger partial charge in [0.1, 0.15) is 11.6 Å². The summed E-state index contributed by atoms with van der Waals surface area (Å²) in [6.45, 7) is 11.8. The predicted molar refractivity (Wildman–Crippen MR) is 104 cm³/mol. The molecule has 0 amide bonds. The zero-order chi connectivity index (χ0) is 18.0. The van der Waals surface area contributed by atoms with Crippen LogP contribution in [0.2, 0.25) is 0 Å². The molecule has 25 heavy (non-hydrogen) atoms. The minimum atomic E-state index is 0.317. The molecule has 0 spiro atoms. The minimum Gasteiger partial charge on any atom is -0.384 e. The zero-order valence-electron chi connectivity index (χ0n) is 14.5. The number of benzene rings is 1. The van der Waals surface area contributed by atoms with E-state index < -0.39 is 0 Å². The molecule has 0 aliphatic rings. The summed E-state index contributed by atoms with van der Waals surface area (Å²) in [5.74, 6) is 1.53. The van der Waals surface area contributed by atoms with Crippen LogP contribution in [-0.2, 0) is 0 Å². The number of nitrogens with one attached hydrogen (secondary N) is 2. The average molecular weight is 334 g/mol. The Labute approximate surface area is 147 Å². The quantitative estimate of drug-likeness (QED) is 0.586. The molecule has 0 atom stereocenters. The van der Waals surface area contributed by atoms with E-state index in [1.807, 2.05) is 30.5 Å². The topological polar surface area (TPSA) is 80.3 Å². The number of hydrogen-bond acceptors (Lipinski definition) is 5. The molecule has 1 aromatic carbocycles. The number of nitrogens with zero attached hydrogens (tertiary/aromatic N) is 3. The first-order valence-electron chi connectivity index (χ1n) is 8.07. The van der Waals surface area contributed by atoms with E-state index in [1.165, 1.54) is 0 Å².